The summed E-state index contributed by atoms with van der Waals surface area (Å²) in [4.78, 5) is 17.3. The first-order chi connectivity index (χ1) is 7.29. The molecule has 1 N–H and O–H groups in total. The molecule has 1 aliphatic heterocycles. The van der Waals surface area contributed by atoms with Crippen LogP contribution in [-0.4, -0.2) is 34.2 Å². The van der Waals surface area contributed by atoms with Gasteiger partial charge in [0.05, 0.1) is 0 Å². The van der Waals surface area contributed by atoms with Gasteiger partial charge in [-0.05, 0) is 12.8 Å². The van der Waals surface area contributed by atoms with Gasteiger partial charge in [0.1, 0.15) is 0 Å². The standard InChI is InChI=1S/C9H14N4O2/c1-2-7-10-8(15-12-7)11-9(14)13-5-3-4-6-13/h2-6H2,1H3,(H,10,11,12,14). The Morgan fingerprint density at radius 3 is 2.87 bits per heavy atom. The highest BCUT2D eigenvalue weighted by Gasteiger charge is 2.19. The normalized spacial score (nSPS) is 15.7. The second-order valence-electron chi connectivity index (χ2n) is 3.49. The van der Waals surface area contributed by atoms with Crippen LogP contribution in [0.5, 0.6) is 0 Å². The molecule has 15 heavy (non-hydrogen) atoms. The van der Waals surface area contributed by atoms with E-state index in [-0.39, 0.29) is 12.0 Å². The summed E-state index contributed by atoms with van der Waals surface area (Å²) >= 11 is 0. The van der Waals surface area contributed by atoms with E-state index in [2.05, 4.69) is 15.5 Å². The zero-order valence-electron chi connectivity index (χ0n) is 8.69. The summed E-state index contributed by atoms with van der Waals surface area (Å²) in [5.74, 6) is 0.603. The molecule has 0 saturated carbocycles. The maximum Gasteiger partial charge on any atom is 0.329 e. The van der Waals surface area contributed by atoms with Crippen LogP contribution in [0, 0.1) is 0 Å². The number of rotatable bonds is 2. The Labute approximate surface area is 87.6 Å². The first-order valence-electron chi connectivity index (χ1n) is 5.18. The van der Waals surface area contributed by atoms with Gasteiger partial charge in [-0.2, -0.15) is 4.98 Å². The third-order valence-electron chi connectivity index (χ3n) is 2.39. The summed E-state index contributed by atoms with van der Waals surface area (Å²) in [5.41, 5.74) is 0. The van der Waals surface area contributed by atoms with Crippen LogP contribution in [0.3, 0.4) is 0 Å². The van der Waals surface area contributed by atoms with Crippen molar-refractivity contribution in [3.8, 4) is 0 Å². The zero-order valence-corrected chi connectivity index (χ0v) is 8.69. The van der Waals surface area contributed by atoms with E-state index in [1.807, 2.05) is 6.92 Å². The van der Waals surface area contributed by atoms with E-state index >= 15 is 0 Å². The molecule has 0 unspecified atom stereocenters. The van der Waals surface area contributed by atoms with Crippen molar-refractivity contribution in [2.75, 3.05) is 18.4 Å². The zero-order chi connectivity index (χ0) is 10.7. The number of hydrogen-bond acceptors (Lipinski definition) is 4. The predicted molar refractivity (Wildman–Crippen MR) is 53.5 cm³/mol. The van der Waals surface area contributed by atoms with Crippen molar-refractivity contribution < 1.29 is 9.32 Å². The van der Waals surface area contributed by atoms with Gasteiger partial charge in [-0.3, -0.25) is 5.32 Å². The van der Waals surface area contributed by atoms with Crippen molar-refractivity contribution in [1.82, 2.24) is 15.0 Å². The molecule has 6 heteroatoms. The van der Waals surface area contributed by atoms with Crippen molar-refractivity contribution in [2.24, 2.45) is 0 Å². The van der Waals surface area contributed by atoms with Crippen molar-refractivity contribution in [1.29, 1.82) is 0 Å². The highest BCUT2D eigenvalue weighted by atomic mass is 16.5. The number of carbonyl (C=O) groups excluding carboxylic acids is 1. The van der Waals surface area contributed by atoms with E-state index in [1.54, 1.807) is 4.90 Å². The summed E-state index contributed by atoms with van der Waals surface area (Å²) in [7, 11) is 0. The fourth-order valence-electron chi connectivity index (χ4n) is 1.54. The Bertz CT molecular complexity index is 344. The second-order valence-corrected chi connectivity index (χ2v) is 3.49. The van der Waals surface area contributed by atoms with Gasteiger partial charge in [-0.1, -0.05) is 12.1 Å². The van der Waals surface area contributed by atoms with Crippen LogP contribution in [0.1, 0.15) is 25.6 Å². The molecule has 2 heterocycles. The summed E-state index contributed by atoms with van der Waals surface area (Å²) in [6.45, 7) is 3.54. The molecule has 0 atom stereocenters. The summed E-state index contributed by atoms with van der Waals surface area (Å²) in [6.07, 6.45) is 2.83. The monoisotopic (exact) mass is 210 g/mol. The third-order valence-corrected chi connectivity index (χ3v) is 2.39. The fraction of sp³-hybridized carbons (Fsp3) is 0.667. The van der Waals surface area contributed by atoms with E-state index in [0.29, 0.717) is 12.2 Å². The van der Waals surface area contributed by atoms with Crippen LogP contribution in [0.25, 0.3) is 0 Å². The average Bonchev–Trinajstić information content (AvgIpc) is 2.87. The van der Waals surface area contributed by atoms with Gasteiger partial charge in [0, 0.05) is 19.5 Å². The molecule has 1 saturated heterocycles. The number of nitrogens with one attached hydrogen (secondary N) is 1. The average molecular weight is 210 g/mol. The van der Waals surface area contributed by atoms with Crippen LogP contribution in [0.2, 0.25) is 0 Å². The van der Waals surface area contributed by atoms with E-state index in [9.17, 15) is 4.79 Å². The van der Waals surface area contributed by atoms with Crippen molar-refractivity contribution in [3.63, 3.8) is 0 Å². The molecule has 6 nitrogen and oxygen atoms in total. The summed E-state index contributed by atoms with van der Waals surface area (Å²) in [6, 6.07) is 0.0301. The SMILES string of the molecule is CCc1noc(NC(=O)N2CCCC2)n1. The smallest absolute Gasteiger partial charge is 0.324 e. The number of anilines is 1. The van der Waals surface area contributed by atoms with Gasteiger partial charge in [0.15, 0.2) is 5.82 Å². The van der Waals surface area contributed by atoms with Gasteiger partial charge >= 0.3 is 12.0 Å². The molecular formula is C9H14N4O2. The minimum atomic E-state index is -0.154. The van der Waals surface area contributed by atoms with E-state index in [4.69, 9.17) is 4.52 Å². The number of aryl methyl sites for hydroxylation is 1. The van der Waals surface area contributed by atoms with Crippen LogP contribution in [0.15, 0.2) is 4.52 Å². The number of hydrogen-bond donors (Lipinski definition) is 1. The van der Waals surface area contributed by atoms with Crippen LogP contribution in [0.4, 0.5) is 10.8 Å². The number of carbonyl (C=O) groups is 1. The van der Waals surface area contributed by atoms with Crippen molar-refractivity contribution >= 4 is 12.0 Å². The number of likely N-dealkylation sites (tertiary alicyclic amines) is 1. The Morgan fingerprint density at radius 2 is 2.27 bits per heavy atom. The van der Waals surface area contributed by atoms with E-state index in [1.165, 1.54) is 0 Å². The topological polar surface area (TPSA) is 71.3 Å². The molecule has 0 aromatic carbocycles. The van der Waals surface area contributed by atoms with Gasteiger partial charge in [0.25, 0.3) is 0 Å². The lowest BCUT2D eigenvalue weighted by molar-refractivity contribution is 0.221. The third kappa shape index (κ3) is 2.26. The van der Waals surface area contributed by atoms with Gasteiger partial charge in [-0.25, -0.2) is 4.79 Å². The molecule has 0 spiro atoms. The molecule has 0 aliphatic carbocycles. The molecule has 1 fully saturated rings. The van der Waals surface area contributed by atoms with E-state index in [0.717, 1.165) is 25.9 Å². The fourth-order valence-corrected chi connectivity index (χ4v) is 1.54. The predicted octanol–water partition coefficient (Wildman–Crippen LogP) is 1.26. The Morgan fingerprint density at radius 1 is 1.53 bits per heavy atom. The number of nitrogens with zero attached hydrogens (tertiary/aromatic N) is 3. The van der Waals surface area contributed by atoms with Gasteiger partial charge in [-0.15, -0.1) is 0 Å². The lowest BCUT2D eigenvalue weighted by atomic mass is 10.4. The quantitative estimate of drug-likeness (QED) is 0.797. The largest absolute Gasteiger partial charge is 0.329 e. The lowest BCUT2D eigenvalue weighted by Gasteiger charge is -2.13. The van der Waals surface area contributed by atoms with Crippen molar-refractivity contribution in [3.05, 3.63) is 5.82 Å². The molecule has 82 valence electrons. The molecule has 1 aromatic heterocycles. The van der Waals surface area contributed by atoms with Crippen LogP contribution in [-0.2, 0) is 6.42 Å². The number of urea groups is 1. The molecule has 2 rings (SSSR count). The highest BCUT2D eigenvalue weighted by molar-refractivity contribution is 5.87. The van der Waals surface area contributed by atoms with Gasteiger partial charge < -0.3 is 9.42 Å². The number of amides is 2. The molecule has 1 aromatic rings. The maximum atomic E-state index is 11.6. The highest BCUT2D eigenvalue weighted by Crippen LogP contribution is 2.10. The maximum absolute atomic E-state index is 11.6. The minimum absolute atomic E-state index is 0.154. The Balaban J connectivity index is 1.92. The van der Waals surface area contributed by atoms with E-state index < -0.39 is 0 Å². The molecule has 1 aliphatic rings. The number of aromatic nitrogens is 2. The van der Waals surface area contributed by atoms with Gasteiger partial charge in [0.2, 0.25) is 0 Å². The van der Waals surface area contributed by atoms with Crippen LogP contribution >= 0.6 is 0 Å². The molecule has 0 radical (unpaired) electrons. The van der Waals surface area contributed by atoms with Crippen LogP contribution < -0.4 is 5.32 Å². The second kappa shape index (κ2) is 4.29. The lowest BCUT2D eigenvalue weighted by Crippen LogP contribution is -2.32. The first-order valence-corrected chi connectivity index (χ1v) is 5.18. The summed E-state index contributed by atoms with van der Waals surface area (Å²) < 4.78 is 4.87. The van der Waals surface area contributed by atoms with Crippen molar-refractivity contribution in [2.45, 2.75) is 26.2 Å². The Hall–Kier alpha value is -1.59. The molecular weight excluding hydrogens is 196 g/mol. The molecule has 2 amide bonds. The molecule has 0 bridgehead atoms. The Kier molecular flexibility index (Phi) is 2.84. The summed E-state index contributed by atoms with van der Waals surface area (Å²) in [5, 5.41) is 6.28. The first kappa shape index (κ1) is 9.95. The minimum Gasteiger partial charge on any atom is -0.324 e.